The summed E-state index contributed by atoms with van der Waals surface area (Å²) < 4.78 is 67.9. The molecule has 1 N–H and O–H groups in total. The zero-order valence-electron chi connectivity index (χ0n) is 17.4. The maximum atomic E-state index is 13.4. The smallest absolute Gasteiger partial charge is 0.321 e. The van der Waals surface area contributed by atoms with Gasteiger partial charge < -0.3 is 5.32 Å². The lowest BCUT2D eigenvalue weighted by Crippen LogP contribution is -2.36. The summed E-state index contributed by atoms with van der Waals surface area (Å²) in [6.07, 6.45) is -4.24. The van der Waals surface area contributed by atoms with Crippen LogP contribution in [0.4, 0.5) is 18.9 Å². The lowest BCUT2D eigenvalue weighted by molar-refractivity contribution is -0.136. The average Bonchev–Trinajstić information content (AvgIpc) is 2.79. The second kappa shape index (κ2) is 9.22. The maximum absolute atomic E-state index is 13.4. The van der Waals surface area contributed by atoms with Gasteiger partial charge in [0.25, 0.3) is 5.91 Å². The van der Waals surface area contributed by atoms with E-state index in [4.69, 9.17) is 23.2 Å². The van der Waals surface area contributed by atoms with E-state index in [1.54, 1.807) is 0 Å². The Morgan fingerprint density at radius 3 is 2.38 bits per heavy atom. The van der Waals surface area contributed by atoms with Crippen LogP contribution in [0.1, 0.15) is 27.0 Å². The second-order valence-corrected chi connectivity index (χ2v) is 10.4. The maximum Gasteiger partial charge on any atom is 0.418 e. The Kier molecular flexibility index (Phi) is 6.65. The molecule has 4 rings (SSSR count). The number of nitrogens with zero attached hydrogens (tertiary/aromatic N) is 1. The van der Waals surface area contributed by atoms with Crippen LogP contribution in [0.25, 0.3) is 0 Å². The quantitative estimate of drug-likeness (QED) is 0.450. The summed E-state index contributed by atoms with van der Waals surface area (Å²) in [6.45, 7) is 0.422. The minimum absolute atomic E-state index is 0.108. The molecule has 1 aliphatic rings. The SMILES string of the molecule is O=C(Nc1ccc(Cl)cc1C(F)(F)F)c1cc(S(=O)(=O)N2CCc3ccccc3C2)ccc1Cl. The van der Waals surface area contributed by atoms with Gasteiger partial charge in [-0.3, -0.25) is 4.79 Å². The van der Waals surface area contributed by atoms with E-state index in [0.717, 1.165) is 23.3 Å². The summed E-state index contributed by atoms with van der Waals surface area (Å²) in [4.78, 5) is 12.6. The molecule has 34 heavy (non-hydrogen) atoms. The van der Waals surface area contributed by atoms with Crippen molar-refractivity contribution >= 4 is 44.8 Å². The van der Waals surface area contributed by atoms with Crippen LogP contribution in [0.15, 0.2) is 65.6 Å². The molecule has 3 aromatic rings. The third-order valence-electron chi connectivity index (χ3n) is 5.45. The first kappa shape index (κ1) is 24.5. The molecule has 0 radical (unpaired) electrons. The molecule has 11 heteroatoms. The van der Waals surface area contributed by atoms with E-state index in [9.17, 15) is 26.4 Å². The van der Waals surface area contributed by atoms with Gasteiger partial charge in [0.15, 0.2) is 0 Å². The van der Waals surface area contributed by atoms with E-state index < -0.39 is 33.4 Å². The van der Waals surface area contributed by atoms with E-state index in [1.165, 1.54) is 22.5 Å². The van der Waals surface area contributed by atoms with Crippen molar-refractivity contribution in [3.05, 3.63) is 93.0 Å². The Morgan fingerprint density at radius 2 is 1.68 bits per heavy atom. The van der Waals surface area contributed by atoms with Crippen molar-refractivity contribution in [2.45, 2.75) is 24.0 Å². The molecule has 0 spiro atoms. The first-order valence-corrected chi connectivity index (χ1v) is 12.2. The van der Waals surface area contributed by atoms with E-state index >= 15 is 0 Å². The van der Waals surface area contributed by atoms with Gasteiger partial charge in [-0.05, 0) is 53.9 Å². The molecule has 0 fully saturated rings. The number of amides is 1. The fourth-order valence-electron chi connectivity index (χ4n) is 3.71. The summed E-state index contributed by atoms with van der Waals surface area (Å²) in [5.74, 6) is -0.987. The Balaban J connectivity index is 1.64. The molecule has 1 aliphatic heterocycles. The molecule has 0 aliphatic carbocycles. The van der Waals surface area contributed by atoms with Gasteiger partial charge in [-0.25, -0.2) is 8.42 Å². The van der Waals surface area contributed by atoms with E-state index in [1.807, 2.05) is 24.3 Å². The minimum Gasteiger partial charge on any atom is -0.321 e. The van der Waals surface area contributed by atoms with Crippen LogP contribution in [0, 0.1) is 0 Å². The van der Waals surface area contributed by atoms with Gasteiger partial charge in [0.05, 0.1) is 26.7 Å². The number of carbonyl (C=O) groups is 1. The number of benzene rings is 3. The molecule has 0 saturated heterocycles. The van der Waals surface area contributed by atoms with Crippen LogP contribution in [0.2, 0.25) is 10.0 Å². The highest BCUT2D eigenvalue weighted by Gasteiger charge is 2.35. The molecule has 1 heterocycles. The number of anilines is 1. The molecule has 5 nitrogen and oxygen atoms in total. The number of rotatable bonds is 4. The van der Waals surface area contributed by atoms with Crippen LogP contribution in [0.3, 0.4) is 0 Å². The van der Waals surface area contributed by atoms with E-state index in [-0.39, 0.29) is 33.6 Å². The Hall–Kier alpha value is -2.59. The third kappa shape index (κ3) is 4.93. The number of hydrogen-bond acceptors (Lipinski definition) is 3. The van der Waals surface area contributed by atoms with Crippen LogP contribution in [0.5, 0.6) is 0 Å². The van der Waals surface area contributed by atoms with Gasteiger partial charge in [-0.2, -0.15) is 17.5 Å². The number of nitrogens with one attached hydrogen (secondary N) is 1. The zero-order chi connectivity index (χ0) is 24.7. The van der Waals surface area contributed by atoms with Crippen LogP contribution >= 0.6 is 23.2 Å². The van der Waals surface area contributed by atoms with Crippen LogP contribution in [-0.4, -0.2) is 25.2 Å². The van der Waals surface area contributed by atoms with Gasteiger partial charge in [0.2, 0.25) is 10.0 Å². The van der Waals surface area contributed by atoms with E-state index in [0.29, 0.717) is 12.5 Å². The summed E-state index contributed by atoms with van der Waals surface area (Å²) in [6, 6.07) is 14.0. The number of hydrogen-bond donors (Lipinski definition) is 1. The number of sulfonamides is 1. The lowest BCUT2D eigenvalue weighted by Gasteiger charge is -2.28. The first-order valence-electron chi connectivity index (χ1n) is 10.0. The predicted octanol–water partition coefficient (Wildman–Crippen LogP) is 6.01. The van der Waals surface area contributed by atoms with Crippen LogP contribution < -0.4 is 5.32 Å². The molecule has 0 atom stereocenters. The number of fused-ring (bicyclic) bond motifs is 1. The monoisotopic (exact) mass is 528 g/mol. The molecule has 0 unspecified atom stereocenters. The predicted molar refractivity (Wildman–Crippen MR) is 124 cm³/mol. The van der Waals surface area contributed by atoms with Crippen molar-refractivity contribution in [2.24, 2.45) is 0 Å². The molecular weight excluding hydrogens is 512 g/mol. The fraction of sp³-hybridized carbons (Fsp3) is 0.174. The highest BCUT2D eigenvalue weighted by Crippen LogP contribution is 2.37. The highest BCUT2D eigenvalue weighted by atomic mass is 35.5. The first-order chi connectivity index (χ1) is 16.0. The number of carbonyl (C=O) groups excluding carboxylic acids is 1. The van der Waals surface area contributed by atoms with Gasteiger partial charge in [0.1, 0.15) is 0 Å². The van der Waals surface area contributed by atoms with Gasteiger partial charge in [-0.1, -0.05) is 47.5 Å². The third-order valence-corrected chi connectivity index (χ3v) is 7.86. The van der Waals surface area contributed by atoms with Crippen LogP contribution in [-0.2, 0) is 29.2 Å². The summed E-state index contributed by atoms with van der Waals surface area (Å²) in [5, 5.41) is 1.90. The Morgan fingerprint density at radius 1 is 0.971 bits per heavy atom. The summed E-state index contributed by atoms with van der Waals surface area (Å²) in [7, 11) is -3.99. The lowest BCUT2D eigenvalue weighted by atomic mass is 10.0. The van der Waals surface area contributed by atoms with Crippen molar-refractivity contribution in [2.75, 3.05) is 11.9 Å². The number of halogens is 5. The minimum atomic E-state index is -4.77. The second-order valence-electron chi connectivity index (χ2n) is 7.64. The molecule has 0 aromatic heterocycles. The molecule has 0 bridgehead atoms. The summed E-state index contributed by atoms with van der Waals surface area (Å²) >= 11 is 11.8. The molecule has 1 amide bonds. The zero-order valence-corrected chi connectivity index (χ0v) is 19.7. The van der Waals surface area contributed by atoms with Crippen molar-refractivity contribution in [3.63, 3.8) is 0 Å². The van der Waals surface area contributed by atoms with Gasteiger partial charge in [-0.15, -0.1) is 0 Å². The topological polar surface area (TPSA) is 66.5 Å². The van der Waals surface area contributed by atoms with Gasteiger partial charge in [0, 0.05) is 18.1 Å². The highest BCUT2D eigenvalue weighted by molar-refractivity contribution is 7.89. The van der Waals surface area contributed by atoms with Gasteiger partial charge >= 0.3 is 6.18 Å². The van der Waals surface area contributed by atoms with Crippen molar-refractivity contribution < 1.29 is 26.4 Å². The molecule has 3 aromatic carbocycles. The largest absolute Gasteiger partial charge is 0.418 e. The fourth-order valence-corrected chi connectivity index (χ4v) is 5.53. The average molecular weight is 529 g/mol. The normalized spacial score (nSPS) is 14.5. The molecular formula is C23H17Cl2F3N2O3S. The standard InChI is InChI=1S/C23H17Cl2F3N2O3S/c24-16-5-8-21(19(11-16)23(26,27)28)29-22(31)18-12-17(6-7-20(18)25)34(32,33)30-10-9-14-3-1-2-4-15(14)13-30/h1-8,11-12H,9-10,13H2,(H,29,31). The van der Waals surface area contributed by atoms with Crippen molar-refractivity contribution in [1.82, 2.24) is 4.31 Å². The van der Waals surface area contributed by atoms with E-state index in [2.05, 4.69) is 5.32 Å². The molecule has 0 saturated carbocycles. The Bertz CT molecular complexity index is 1380. The summed E-state index contributed by atoms with van der Waals surface area (Å²) in [5.41, 5.74) is 0.00236. The van der Waals surface area contributed by atoms with Crippen molar-refractivity contribution in [1.29, 1.82) is 0 Å². The Labute approximate surface area is 204 Å². The van der Waals surface area contributed by atoms with Crippen molar-refractivity contribution in [3.8, 4) is 0 Å². The number of alkyl halides is 3. The molecule has 178 valence electrons.